The molecule has 2 rings (SSSR count). The lowest BCUT2D eigenvalue weighted by molar-refractivity contribution is -0.136. The number of nitrogens with one attached hydrogen (secondary N) is 2. The second-order valence-electron chi connectivity index (χ2n) is 5.17. The molecule has 1 fully saturated rings. The van der Waals surface area contributed by atoms with Gasteiger partial charge in [-0.2, -0.15) is 13.2 Å². The Bertz CT molecular complexity index is 457. The highest BCUT2D eigenvalue weighted by molar-refractivity contribution is 5.48. The highest BCUT2D eigenvalue weighted by Crippen LogP contribution is 2.39. The molecule has 0 amide bonds. The van der Waals surface area contributed by atoms with E-state index in [0.29, 0.717) is 29.9 Å². The smallest absolute Gasteiger partial charge is 0.370 e. The molecule has 112 valence electrons. The van der Waals surface area contributed by atoms with E-state index in [0.717, 1.165) is 12.8 Å². The van der Waals surface area contributed by atoms with Crippen LogP contribution in [0.5, 0.6) is 0 Å². The zero-order valence-corrected chi connectivity index (χ0v) is 11.6. The van der Waals surface area contributed by atoms with Gasteiger partial charge >= 0.3 is 6.18 Å². The van der Waals surface area contributed by atoms with E-state index in [4.69, 9.17) is 0 Å². The largest absolute Gasteiger partial charge is 0.391 e. The van der Waals surface area contributed by atoms with Crippen molar-refractivity contribution in [1.82, 2.24) is 9.97 Å². The number of rotatable bonds is 6. The van der Waals surface area contributed by atoms with Gasteiger partial charge in [-0.15, -0.1) is 0 Å². The van der Waals surface area contributed by atoms with E-state index in [-0.39, 0.29) is 0 Å². The van der Waals surface area contributed by atoms with E-state index >= 15 is 0 Å². The first-order chi connectivity index (χ1) is 9.37. The molecule has 1 aromatic heterocycles. The molecule has 0 saturated heterocycles. The van der Waals surface area contributed by atoms with E-state index in [9.17, 15) is 13.2 Å². The van der Waals surface area contributed by atoms with Crippen LogP contribution in [0.3, 0.4) is 0 Å². The summed E-state index contributed by atoms with van der Waals surface area (Å²) in [5.41, 5.74) is 0. The molecule has 1 aromatic rings. The van der Waals surface area contributed by atoms with Crippen molar-refractivity contribution in [3.8, 4) is 0 Å². The fourth-order valence-electron chi connectivity index (χ4n) is 1.99. The van der Waals surface area contributed by atoms with Gasteiger partial charge in [0.2, 0.25) is 0 Å². The third-order valence-electron chi connectivity index (χ3n) is 2.98. The SMILES string of the molecule is CCNc1cc(NC(C)CC(F)(F)F)nc(C2CC2)n1. The molecular weight excluding hydrogens is 269 g/mol. The van der Waals surface area contributed by atoms with Crippen LogP contribution >= 0.6 is 0 Å². The van der Waals surface area contributed by atoms with Crippen LogP contribution in [0.1, 0.15) is 44.9 Å². The number of anilines is 2. The van der Waals surface area contributed by atoms with Crippen LogP contribution in [0.25, 0.3) is 0 Å². The molecule has 1 unspecified atom stereocenters. The summed E-state index contributed by atoms with van der Waals surface area (Å²) in [6.07, 6.45) is -2.96. The van der Waals surface area contributed by atoms with Crippen molar-refractivity contribution >= 4 is 11.6 Å². The maximum atomic E-state index is 12.3. The number of aromatic nitrogens is 2. The summed E-state index contributed by atoms with van der Waals surface area (Å²) in [5.74, 6) is 2.18. The predicted octanol–water partition coefficient (Wildman–Crippen LogP) is 3.54. The molecule has 0 aliphatic heterocycles. The van der Waals surface area contributed by atoms with E-state index in [1.54, 1.807) is 6.07 Å². The maximum absolute atomic E-state index is 12.3. The first-order valence-electron chi connectivity index (χ1n) is 6.83. The van der Waals surface area contributed by atoms with Crippen molar-refractivity contribution in [1.29, 1.82) is 0 Å². The lowest BCUT2D eigenvalue weighted by Crippen LogP contribution is -2.24. The molecule has 1 atom stereocenters. The van der Waals surface area contributed by atoms with Crippen LogP contribution in [0.15, 0.2) is 6.07 Å². The first-order valence-corrected chi connectivity index (χ1v) is 6.83. The fourth-order valence-corrected chi connectivity index (χ4v) is 1.99. The quantitative estimate of drug-likeness (QED) is 0.840. The summed E-state index contributed by atoms with van der Waals surface area (Å²) >= 11 is 0. The van der Waals surface area contributed by atoms with Gasteiger partial charge in [0.1, 0.15) is 17.5 Å². The van der Waals surface area contributed by atoms with Crippen LogP contribution in [0.4, 0.5) is 24.8 Å². The highest BCUT2D eigenvalue weighted by atomic mass is 19.4. The molecule has 1 aliphatic carbocycles. The number of hydrogen-bond acceptors (Lipinski definition) is 4. The average Bonchev–Trinajstić information content (AvgIpc) is 3.09. The molecule has 1 aliphatic rings. The Labute approximate surface area is 116 Å². The standard InChI is InChI=1S/C13H19F3N4/c1-3-17-10-6-11(18-8(2)7-13(14,15)16)20-12(19-10)9-4-5-9/h6,8-9H,3-5,7H2,1-2H3,(H2,17,18,19,20). The highest BCUT2D eigenvalue weighted by Gasteiger charge is 2.31. The lowest BCUT2D eigenvalue weighted by Gasteiger charge is -2.17. The first kappa shape index (κ1) is 14.9. The molecule has 1 saturated carbocycles. The molecule has 0 aromatic carbocycles. The van der Waals surface area contributed by atoms with Gasteiger partial charge in [-0.1, -0.05) is 0 Å². The summed E-state index contributed by atoms with van der Waals surface area (Å²) in [4.78, 5) is 8.70. The van der Waals surface area contributed by atoms with E-state index < -0.39 is 18.6 Å². The van der Waals surface area contributed by atoms with Gasteiger partial charge in [0.05, 0.1) is 6.42 Å². The number of halogens is 3. The second-order valence-corrected chi connectivity index (χ2v) is 5.17. The van der Waals surface area contributed by atoms with E-state index in [1.165, 1.54) is 6.92 Å². The van der Waals surface area contributed by atoms with Crippen LogP contribution in [-0.4, -0.2) is 28.7 Å². The van der Waals surface area contributed by atoms with E-state index in [1.807, 2.05) is 6.92 Å². The summed E-state index contributed by atoms with van der Waals surface area (Å²) < 4.78 is 37.0. The molecule has 7 heteroatoms. The van der Waals surface area contributed by atoms with Gasteiger partial charge in [-0.25, -0.2) is 9.97 Å². The minimum Gasteiger partial charge on any atom is -0.370 e. The maximum Gasteiger partial charge on any atom is 0.391 e. The van der Waals surface area contributed by atoms with Gasteiger partial charge in [0.25, 0.3) is 0 Å². The minimum atomic E-state index is -4.18. The third kappa shape index (κ3) is 4.54. The third-order valence-corrected chi connectivity index (χ3v) is 2.98. The lowest BCUT2D eigenvalue weighted by atomic mass is 10.2. The predicted molar refractivity (Wildman–Crippen MR) is 71.9 cm³/mol. The molecular formula is C13H19F3N4. The van der Waals surface area contributed by atoms with Gasteiger partial charge in [-0.3, -0.25) is 0 Å². The Morgan fingerprint density at radius 3 is 2.50 bits per heavy atom. The molecule has 0 bridgehead atoms. The Balaban J connectivity index is 2.09. The van der Waals surface area contributed by atoms with E-state index in [2.05, 4.69) is 20.6 Å². The Morgan fingerprint density at radius 2 is 1.95 bits per heavy atom. The number of hydrogen-bond donors (Lipinski definition) is 2. The van der Waals surface area contributed by atoms with Crippen LogP contribution in [-0.2, 0) is 0 Å². The van der Waals surface area contributed by atoms with Crippen molar-refractivity contribution < 1.29 is 13.2 Å². The zero-order chi connectivity index (χ0) is 14.8. The minimum absolute atomic E-state index is 0.354. The molecule has 0 radical (unpaired) electrons. The van der Waals surface area contributed by atoms with Crippen LogP contribution in [0.2, 0.25) is 0 Å². The van der Waals surface area contributed by atoms with Gasteiger partial charge in [-0.05, 0) is 26.7 Å². The Morgan fingerprint density at radius 1 is 1.30 bits per heavy atom. The van der Waals surface area contributed by atoms with Crippen molar-refractivity contribution in [2.24, 2.45) is 0 Å². The normalized spacial score (nSPS) is 16.9. The van der Waals surface area contributed by atoms with Crippen LogP contribution in [0, 0.1) is 0 Å². The molecule has 1 heterocycles. The summed E-state index contributed by atoms with van der Waals surface area (Å²) in [6.45, 7) is 4.15. The van der Waals surface area contributed by atoms with Crippen molar-refractivity contribution in [2.75, 3.05) is 17.2 Å². The second kappa shape index (κ2) is 5.85. The molecule has 20 heavy (non-hydrogen) atoms. The Kier molecular flexibility index (Phi) is 4.35. The molecule has 2 N–H and O–H groups in total. The fraction of sp³-hybridized carbons (Fsp3) is 0.692. The van der Waals surface area contributed by atoms with Crippen LogP contribution < -0.4 is 10.6 Å². The van der Waals surface area contributed by atoms with Gasteiger partial charge in [0, 0.05) is 24.6 Å². The summed E-state index contributed by atoms with van der Waals surface area (Å²) in [5, 5.41) is 5.89. The monoisotopic (exact) mass is 288 g/mol. The van der Waals surface area contributed by atoms with Crippen molar-refractivity contribution in [3.63, 3.8) is 0 Å². The van der Waals surface area contributed by atoms with Gasteiger partial charge < -0.3 is 10.6 Å². The summed E-state index contributed by atoms with van der Waals surface area (Å²) in [6, 6.07) is 0.939. The number of alkyl halides is 3. The zero-order valence-electron chi connectivity index (χ0n) is 11.6. The van der Waals surface area contributed by atoms with Gasteiger partial charge in [0.15, 0.2) is 0 Å². The van der Waals surface area contributed by atoms with Crippen molar-refractivity contribution in [2.45, 2.75) is 51.2 Å². The summed E-state index contributed by atoms with van der Waals surface area (Å²) in [7, 11) is 0. The Hall–Kier alpha value is -1.53. The topological polar surface area (TPSA) is 49.8 Å². The molecule has 4 nitrogen and oxygen atoms in total. The average molecular weight is 288 g/mol. The number of nitrogens with zero attached hydrogens (tertiary/aromatic N) is 2. The molecule has 0 spiro atoms. The van der Waals surface area contributed by atoms with Crippen molar-refractivity contribution in [3.05, 3.63) is 11.9 Å².